The number of benzene rings is 1. The summed E-state index contributed by atoms with van der Waals surface area (Å²) >= 11 is 0. The molecule has 3 rings (SSSR count). The molecule has 2 heterocycles. The number of rotatable bonds is 2. The summed E-state index contributed by atoms with van der Waals surface area (Å²) in [7, 11) is 3.34. The Morgan fingerprint density at radius 2 is 2.26 bits per heavy atom. The number of aromatic nitrogens is 2. The Morgan fingerprint density at radius 3 is 2.95 bits per heavy atom. The first-order valence-electron chi connectivity index (χ1n) is 6.04. The molecule has 1 aromatic carbocycles. The van der Waals surface area contributed by atoms with Crippen LogP contribution in [0.1, 0.15) is 11.6 Å². The fraction of sp³-hybridized carbons (Fsp3) is 0.308. The van der Waals surface area contributed by atoms with E-state index >= 15 is 0 Å². The van der Waals surface area contributed by atoms with E-state index in [1.54, 1.807) is 10.7 Å². The molecular weight excluding hydrogens is 247 g/mol. The Hall–Kier alpha value is -2.24. The summed E-state index contributed by atoms with van der Waals surface area (Å²) in [4.78, 5) is 0. The zero-order valence-corrected chi connectivity index (χ0v) is 10.8. The maximum atomic E-state index is 13.6. The highest BCUT2D eigenvalue weighted by Crippen LogP contribution is 2.35. The van der Waals surface area contributed by atoms with Gasteiger partial charge >= 0.3 is 0 Å². The zero-order chi connectivity index (χ0) is 13.4. The second-order valence-corrected chi connectivity index (χ2v) is 4.56. The molecule has 19 heavy (non-hydrogen) atoms. The minimum Gasteiger partial charge on any atom is -0.494 e. The second-order valence-electron chi connectivity index (χ2n) is 4.56. The van der Waals surface area contributed by atoms with Crippen molar-refractivity contribution in [1.82, 2.24) is 9.78 Å². The number of fused-ring (bicyclic) bond motifs is 1. The first-order chi connectivity index (χ1) is 9.17. The third-order valence-electron chi connectivity index (χ3n) is 3.25. The number of halogens is 1. The molecule has 0 amide bonds. The Kier molecular flexibility index (Phi) is 2.77. The minimum absolute atomic E-state index is 0.108. The van der Waals surface area contributed by atoms with Gasteiger partial charge in [0.25, 0.3) is 0 Å². The molecule has 0 radical (unpaired) electrons. The summed E-state index contributed by atoms with van der Waals surface area (Å²) in [6.45, 7) is 0.685. The summed E-state index contributed by atoms with van der Waals surface area (Å²) in [6.07, 6.45) is 3.79. The fourth-order valence-electron chi connectivity index (χ4n) is 2.25. The van der Waals surface area contributed by atoms with Gasteiger partial charge in [-0.3, -0.25) is 4.68 Å². The summed E-state index contributed by atoms with van der Waals surface area (Å²) in [5, 5.41) is 10.7. The van der Waals surface area contributed by atoms with Crippen molar-refractivity contribution in [1.29, 1.82) is 0 Å². The van der Waals surface area contributed by atoms with E-state index in [1.165, 1.54) is 13.2 Å². The molecule has 1 aliphatic heterocycles. The van der Waals surface area contributed by atoms with E-state index in [9.17, 15) is 4.39 Å². The molecule has 2 aromatic rings. The minimum atomic E-state index is -0.365. The highest BCUT2D eigenvalue weighted by molar-refractivity contribution is 5.73. The lowest BCUT2D eigenvalue weighted by Crippen LogP contribution is -2.25. The summed E-state index contributed by atoms with van der Waals surface area (Å²) in [5.41, 5.74) is 2.67. The molecule has 0 spiro atoms. The van der Waals surface area contributed by atoms with Crippen molar-refractivity contribution < 1.29 is 9.13 Å². The van der Waals surface area contributed by atoms with Gasteiger partial charge in [0, 0.05) is 37.5 Å². The highest BCUT2D eigenvalue weighted by atomic mass is 19.1. The molecule has 0 aliphatic carbocycles. The SMILES string of the molecule is COc1cc2c(cc1F)NCC(c1cnn(C)c1)N2. The Labute approximate surface area is 110 Å². The molecule has 1 aromatic heterocycles. The van der Waals surface area contributed by atoms with Crippen LogP contribution in [0.4, 0.5) is 15.8 Å². The van der Waals surface area contributed by atoms with Crippen LogP contribution in [0.15, 0.2) is 24.5 Å². The molecule has 1 aliphatic rings. The van der Waals surface area contributed by atoms with E-state index in [2.05, 4.69) is 15.7 Å². The van der Waals surface area contributed by atoms with E-state index in [0.717, 1.165) is 16.9 Å². The van der Waals surface area contributed by atoms with Crippen molar-refractivity contribution in [2.75, 3.05) is 24.3 Å². The zero-order valence-electron chi connectivity index (χ0n) is 10.8. The molecule has 1 unspecified atom stereocenters. The first kappa shape index (κ1) is 11.8. The fourth-order valence-corrected chi connectivity index (χ4v) is 2.25. The topological polar surface area (TPSA) is 51.1 Å². The van der Waals surface area contributed by atoms with Crippen LogP contribution in [0.3, 0.4) is 0 Å². The Balaban J connectivity index is 1.90. The highest BCUT2D eigenvalue weighted by Gasteiger charge is 2.21. The maximum absolute atomic E-state index is 13.6. The van der Waals surface area contributed by atoms with Gasteiger partial charge in [0.05, 0.1) is 30.7 Å². The van der Waals surface area contributed by atoms with E-state index in [0.29, 0.717) is 6.54 Å². The molecular formula is C13H15FN4O. The monoisotopic (exact) mass is 262 g/mol. The second kappa shape index (κ2) is 4.46. The van der Waals surface area contributed by atoms with Crippen molar-refractivity contribution in [2.45, 2.75) is 6.04 Å². The number of methoxy groups -OCH3 is 1. The van der Waals surface area contributed by atoms with Gasteiger partial charge in [0.15, 0.2) is 11.6 Å². The molecule has 100 valence electrons. The number of aryl methyl sites for hydroxylation is 1. The van der Waals surface area contributed by atoms with E-state index in [-0.39, 0.29) is 17.6 Å². The summed E-state index contributed by atoms with van der Waals surface area (Å²) in [6, 6.07) is 3.22. The predicted octanol–water partition coefficient (Wildman–Crippen LogP) is 2.15. The van der Waals surface area contributed by atoms with E-state index < -0.39 is 0 Å². The van der Waals surface area contributed by atoms with Crippen LogP contribution in [0.25, 0.3) is 0 Å². The van der Waals surface area contributed by atoms with Gasteiger partial charge in [-0.05, 0) is 0 Å². The van der Waals surface area contributed by atoms with Gasteiger partial charge in [-0.2, -0.15) is 5.10 Å². The number of anilines is 2. The predicted molar refractivity (Wildman–Crippen MR) is 71.0 cm³/mol. The Bertz CT molecular complexity index is 611. The van der Waals surface area contributed by atoms with Crippen LogP contribution in [-0.2, 0) is 7.05 Å². The number of ether oxygens (including phenoxy) is 1. The van der Waals surface area contributed by atoms with Crippen LogP contribution in [0, 0.1) is 5.82 Å². The lowest BCUT2D eigenvalue weighted by atomic mass is 10.1. The molecule has 0 saturated carbocycles. The number of nitrogens with zero attached hydrogens (tertiary/aromatic N) is 2. The van der Waals surface area contributed by atoms with Crippen molar-refractivity contribution >= 4 is 11.4 Å². The molecule has 0 fully saturated rings. The number of nitrogens with one attached hydrogen (secondary N) is 2. The standard InChI is InChI=1S/C13H15FN4O/c1-18-7-8(5-16-18)12-6-15-10-3-9(14)13(19-2)4-11(10)17-12/h3-5,7,12,15,17H,6H2,1-2H3. The lowest BCUT2D eigenvalue weighted by Gasteiger charge is -2.28. The van der Waals surface area contributed by atoms with E-state index in [1.807, 2.05) is 19.4 Å². The molecule has 6 heteroatoms. The van der Waals surface area contributed by atoms with Crippen LogP contribution in [0.5, 0.6) is 5.75 Å². The molecule has 1 atom stereocenters. The average molecular weight is 262 g/mol. The third-order valence-corrected chi connectivity index (χ3v) is 3.25. The van der Waals surface area contributed by atoms with Crippen LogP contribution in [0.2, 0.25) is 0 Å². The Morgan fingerprint density at radius 1 is 1.42 bits per heavy atom. The summed E-state index contributed by atoms with van der Waals surface area (Å²) in [5.74, 6) is -0.129. The van der Waals surface area contributed by atoms with Crippen LogP contribution in [-0.4, -0.2) is 23.4 Å². The van der Waals surface area contributed by atoms with Gasteiger partial charge in [-0.15, -0.1) is 0 Å². The quantitative estimate of drug-likeness (QED) is 0.870. The van der Waals surface area contributed by atoms with Gasteiger partial charge < -0.3 is 15.4 Å². The van der Waals surface area contributed by atoms with Gasteiger partial charge in [-0.1, -0.05) is 0 Å². The van der Waals surface area contributed by atoms with Crippen molar-refractivity contribution in [3.63, 3.8) is 0 Å². The van der Waals surface area contributed by atoms with E-state index in [4.69, 9.17) is 4.74 Å². The largest absolute Gasteiger partial charge is 0.494 e. The first-order valence-corrected chi connectivity index (χ1v) is 6.04. The van der Waals surface area contributed by atoms with Gasteiger partial charge in [0.2, 0.25) is 0 Å². The summed E-state index contributed by atoms with van der Waals surface area (Å²) < 4.78 is 20.4. The maximum Gasteiger partial charge on any atom is 0.167 e. The van der Waals surface area contributed by atoms with Gasteiger partial charge in [0.1, 0.15) is 0 Å². The van der Waals surface area contributed by atoms with Crippen molar-refractivity contribution in [3.8, 4) is 5.75 Å². The smallest absolute Gasteiger partial charge is 0.167 e. The van der Waals surface area contributed by atoms with Crippen molar-refractivity contribution in [3.05, 3.63) is 35.9 Å². The normalized spacial score (nSPS) is 17.3. The number of hydrogen-bond donors (Lipinski definition) is 2. The average Bonchev–Trinajstić information content (AvgIpc) is 2.84. The molecule has 0 bridgehead atoms. The van der Waals surface area contributed by atoms with Crippen LogP contribution < -0.4 is 15.4 Å². The third kappa shape index (κ3) is 2.09. The van der Waals surface area contributed by atoms with Gasteiger partial charge in [-0.25, -0.2) is 4.39 Å². The lowest BCUT2D eigenvalue weighted by molar-refractivity contribution is 0.387. The molecule has 0 saturated heterocycles. The number of hydrogen-bond acceptors (Lipinski definition) is 4. The molecule has 2 N–H and O–H groups in total. The van der Waals surface area contributed by atoms with Crippen LogP contribution >= 0.6 is 0 Å². The molecule has 5 nitrogen and oxygen atoms in total. The van der Waals surface area contributed by atoms with Crippen molar-refractivity contribution in [2.24, 2.45) is 7.05 Å².